The van der Waals surface area contributed by atoms with Crippen LogP contribution in [0.5, 0.6) is 0 Å². The smallest absolute Gasteiger partial charge is 0.339 e. The molecular formula is C27H27N3O3. The molecular weight excluding hydrogens is 414 g/mol. The molecule has 0 saturated heterocycles. The number of amides is 1. The fraction of sp³-hybridized carbons (Fsp3) is 0.222. The third-order valence-electron chi connectivity index (χ3n) is 5.69. The zero-order valence-electron chi connectivity index (χ0n) is 19.0. The molecule has 0 saturated carbocycles. The molecule has 0 fully saturated rings. The summed E-state index contributed by atoms with van der Waals surface area (Å²) in [5.74, 6) is -0.321. The monoisotopic (exact) mass is 441 g/mol. The molecule has 6 nitrogen and oxygen atoms in total. The van der Waals surface area contributed by atoms with E-state index < -0.39 is 12.1 Å². The summed E-state index contributed by atoms with van der Waals surface area (Å²) >= 11 is 0. The molecule has 3 aromatic carbocycles. The Balaban J connectivity index is 1.57. The molecule has 6 heteroatoms. The molecule has 0 aliphatic heterocycles. The number of ether oxygens (including phenoxy) is 1. The molecule has 1 atom stereocenters. The number of aromatic nitrogens is 2. The summed E-state index contributed by atoms with van der Waals surface area (Å²) in [6, 6.07) is 20.7. The van der Waals surface area contributed by atoms with Crippen LogP contribution in [0.1, 0.15) is 41.8 Å². The van der Waals surface area contributed by atoms with Crippen molar-refractivity contribution in [2.75, 3.05) is 5.32 Å². The second-order valence-corrected chi connectivity index (χ2v) is 7.90. The normalized spacial score (nSPS) is 11.8. The summed E-state index contributed by atoms with van der Waals surface area (Å²) in [6.45, 7) is 5.81. The first kappa shape index (κ1) is 22.3. The van der Waals surface area contributed by atoms with Gasteiger partial charge < -0.3 is 15.0 Å². The van der Waals surface area contributed by atoms with Gasteiger partial charge in [-0.15, -0.1) is 0 Å². The maximum atomic E-state index is 13.1. The van der Waals surface area contributed by atoms with E-state index in [2.05, 4.69) is 15.3 Å². The van der Waals surface area contributed by atoms with Crippen molar-refractivity contribution in [1.29, 1.82) is 0 Å². The van der Waals surface area contributed by atoms with Gasteiger partial charge in [-0.25, -0.2) is 9.78 Å². The molecule has 4 aromatic rings. The van der Waals surface area contributed by atoms with Crippen molar-refractivity contribution < 1.29 is 14.3 Å². The van der Waals surface area contributed by atoms with Crippen LogP contribution in [-0.4, -0.2) is 27.9 Å². The van der Waals surface area contributed by atoms with Gasteiger partial charge >= 0.3 is 5.97 Å². The lowest BCUT2D eigenvalue weighted by atomic mass is 10.1. The van der Waals surface area contributed by atoms with Crippen LogP contribution in [0.3, 0.4) is 0 Å². The Morgan fingerprint density at radius 1 is 1.00 bits per heavy atom. The SMILES string of the molecule is CCc1cccc(C)c1NC(=O)C(CC)OC(=O)c1ccccc1-c1nc2ccccc2[nH]1. The Bertz CT molecular complexity index is 1280. The van der Waals surface area contributed by atoms with Crippen molar-refractivity contribution in [1.82, 2.24) is 9.97 Å². The van der Waals surface area contributed by atoms with Crippen molar-refractivity contribution >= 4 is 28.6 Å². The Hall–Kier alpha value is -3.93. The molecule has 0 aliphatic carbocycles. The van der Waals surface area contributed by atoms with Gasteiger partial charge in [-0.05, 0) is 49.1 Å². The van der Waals surface area contributed by atoms with Gasteiger partial charge in [0.05, 0.1) is 16.6 Å². The van der Waals surface area contributed by atoms with E-state index in [0.717, 1.165) is 34.3 Å². The predicted octanol–water partition coefficient (Wildman–Crippen LogP) is 5.67. The highest BCUT2D eigenvalue weighted by Crippen LogP contribution is 2.26. The van der Waals surface area contributed by atoms with Crippen LogP contribution < -0.4 is 5.32 Å². The number of anilines is 1. The molecule has 0 aliphatic rings. The van der Waals surface area contributed by atoms with E-state index in [4.69, 9.17) is 4.74 Å². The Kier molecular flexibility index (Phi) is 6.54. The lowest BCUT2D eigenvalue weighted by molar-refractivity contribution is -0.124. The maximum absolute atomic E-state index is 13.1. The van der Waals surface area contributed by atoms with E-state index in [1.807, 2.05) is 75.4 Å². The number of fused-ring (bicyclic) bond motifs is 1. The number of aromatic amines is 1. The highest BCUT2D eigenvalue weighted by Gasteiger charge is 2.25. The molecule has 0 spiro atoms. The van der Waals surface area contributed by atoms with Gasteiger partial charge in [0.1, 0.15) is 5.82 Å². The van der Waals surface area contributed by atoms with Gasteiger partial charge in [-0.1, -0.05) is 62.4 Å². The van der Waals surface area contributed by atoms with Crippen LogP contribution >= 0.6 is 0 Å². The van der Waals surface area contributed by atoms with Crippen molar-refractivity contribution in [3.05, 3.63) is 83.4 Å². The number of hydrogen-bond donors (Lipinski definition) is 2. The molecule has 1 unspecified atom stereocenters. The van der Waals surface area contributed by atoms with Crippen LogP contribution in [0.25, 0.3) is 22.4 Å². The zero-order chi connectivity index (χ0) is 23.4. The quantitative estimate of drug-likeness (QED) is 0.362. The largest absolute Gasteiger partial charge is 0.449 e. The molecule has 1 amide bonds. The second-order valence-electron chi connectivity index (χ2n) is 7.90. The predicted molar refractivity (Wildman–Crippen MR) is 130 cm³/mol. The van der Waals surface area contributed by atoms with E-state index in [1.165, 1.54) is 0 Å². The number of carbonyl (C=O) groups excluding carboxylic acids is 2. The minimum absolute atomic E-state index is 0.337. The van der Waals surface area contributed by atoms with Crippen LogP contribution in [0.2, 0.25) is 0 Å². The standard InChI is InChI=1S/C27H27N3O3/c1-4-18-12-10-11-17(3)24(18)30-26(31)23(5-2)33-27(32)20-14-7-6-13-19(20)25-28-21-15-8-9-16-22(21)29-25/h6-16,23H,4-5H2,1-3H3,(H,28,29)(H,30,31). The third kappa shape index (κ3) is 4.65. The molecule has 4 rings (SSSR count). The van der Waals surface area contributed by atoms with Crippen molar-refractivity contribution in [2.45, 2.75) is 39.7 Å². The molecule has 33 heavy (non-hydrogen) atoms. The van der Waals surface area contributed by atoms with E-state index >= 15 is 0 Å². The fourth-order valence-corrected chi connectivity index (χ4v) is 3.87. The molecule has 0 radical (unpaired) electrons. The first-order chi connectivity index (χ1) is 16.0. The number of carbonyl (C=O) groups is 2. The highest BCUT2D eigenvalue weighted by molar-refractivity contribution is 6.01. The number of hydrogen-bond acceptors (Lipinski definition) is 4. The number of rotatable bonds is 7. The number of para-hydroxylation sites is 3. The first-order valence-corrected chi connectivity index (χ1v) is 11.2. The zero-order valence-corrected chi connectivity index (χ0v) is 19.0. The first-order valence-electron chi connectivity index (χ1n) is 11.2. The fourth-order valence-electron chi connectivity index (χ4n) is 3.87. The van der Waals surface area contributed by atoms with Crippen LogP contribution in [0.4, 0.5) is 5.69 Å². The highest BCUT2D eigenvalue weighted by atomic mass is 16.5. The van der Waals surface area contributed by atoms with Gasteiger partial charge in [0, 0.05) is 11.3 Å². The second kappa shape index (κ2) is 9.69. The summed E-state index contributed by atoms with van der Waals surface area (Å²) in [4.78, 5) is 34.0. The number of H-pyrrole nitrogens is 1. The van der Waals surface area contributed by atoms with E-state index in [0.29, 0.717) is 23.4 Å². The number of esters is 1. The van der Waals surface area contributed by atoms with Crippen molar-refractivity contribution in [2.24, 2.45) is 0 Å². The number of nitrogens with one attached hydrogen (secondary N) is 2. The number of imidazole rings is 1. The average Bonchev–Trinajstić information content (AvgIpc) is 3.27. The molecule has 0 bridgehead atoms. The maximum Gasteiger partial charge on any atom is 0.339 e. The molecule has 2 N–H and O–H groups in total. The lowest BCUT2D eigenvalue weighted by Gasteiger charge is -2.19. The third-order valence-corrected chi connectivity index (χ3v) is 5.69. The Morgan fingerprint density at radius 2 is 1.76 bits per heavy atom. The van der Waals surface area contributed by atoms with E-state index in [1.54, 1.807) is 12.1 Å². The summed E-state index contributed by atoms with van der Waals surface area (Å²) in [7, 11) is 0. The van der Waals surface area contributed by atoms with Crippen LogP contribution in [0, 0.1) is 6.92 Å². The van der Waals surface area contributed by atoms with Crippen molar-refractivity contribution in [3.63, 3.8) is 0 Å². The average molecular weight is 442 g/mol. The van der Waals surface area contributed by atoms with Gasteiger partial charge in [-0.2, -0.15) is 0 Å². The lowest BCUT2D eigenvalue weighted by Crippen LogP contribution is -2.32. The van der Waals surface area contributed by atoms with Gasteiger partial charge in [0.2, 0.25) is 0 Å². The number of benzene rings is 3. The van der Waals surface area contributed by atoms with Gasteiger partial charge in [0.25, 0.3) is 5.91 Å². The van der Waals surface area contributed by atoms with Crippen molar-refractivity contribution in [3.8, 4) is 11.4 Å². The van der Waals surface area contributed by atoms with E-state index in [-0.39, 0.29) is 5.91 Å². The van der Waals surface area contributed by atoms with E-state index in [9.17, 15) is 9.59 Å². The van der Waals surface area contributed by atoms with Crippen LogP contribution in [-0.2, 0) is 16.0 Å². The van der Waals surface area contributed by atoms with Crippen LogP contribution in [0.15, 0.2) is 66.7 Å². The topological polar surface area (TPSA) is 84.1 Å². The number of aryl methyl sites for hydroxylation is 2. The summed E-state index contributed by atoms with van der Waals surface area (Å²) in [6.07, 6.45) is 0.238. The minimum Gasteiger partial charge on any atom is -0.449 e. The molecule has 1 heterocycles. The summed E-state index contributed by atoms with van der Waals surface area (Å²) in [5, 5.41) is 2.97. The van der Waals surface area contributed by atoms with Gasteiger partial charge in [0.15, 0.2) is 6.10 Å². The summed E-state index contributed by atoms with van der Waals surface area (Å²) < 4.78 is 5.68. The Labute approximate surface area is 193 Å². The Morgan fingerprint density at radius 3 is 2.52 bits per heavy atom. The van der Waals surface area contributed by atoms with Gasteiger partial charge in [-0.3, -0.25) is 4.79 Å². The molecule has 1 aromatic heterocycles. The number of nitrogens with zero attached hydrogens (tertiary/aromatic N) is 1. The summed E-state index contributed by atoms with van der Waals surface area (Å²) in [5.41, 5.74) is 5.47. The molecule has 168 valence electrons. The minimum atomic E-state index is -0.912.